The molecule has 0 aliphatic heterocycles. The van der Waals surface area contributed by atoms with Gasteiger partial charge in [-0.15, -0.1) is 0 Å². The van der Waals surface area contributed by atoms with Crippen LogP contribution < -0.4 is 15.8 Å². The maximum atomic E-state index is 11.7. The summed E-state index contributed by atoms with van der Waals surface area (Å²) < 4.78 is 5.01. The predicted molar refractivity (Wildman–Crippen MR) is 70.1 cm³/mol. The Morgan fingerprint density at radius 3 is 2.89 bits per heavy atom. The molecule has 0 spiro atoms. The molecule has 1 aromatic heterocycles. The van der Waals surface area contributed by atoms with Crippen LogP contribution in [0.5, 0.6) is 5.88 Å². The molecule has 100 valence electrons. The van der Waals surface area contributed by atoms with E-state index in [4.69, 9.17) is 10.5 Å². The molecule has 1 amide bonds. The van der Waals surface area contributed by atoms with Gasteiger partial charge in [-0.25, -0.2) is 4.98 Å². The van der Waals surface area contributed by atoms with Crippen LogP contribution >= 0.6 is 0 Å². The van der Waals surface area contributed by atoms with Crippen molar-refractivity contribution in [1.82, 2.24) is 10.3 Å². The normalized spacial score (nSPS) is 12.3. The third-order valence-corrected chi connectivity index (χ3v) is 2.54. The summed E-state index contributed by atoms with van der Waals surface area (Å²) in [6, 6.07) is 3.17. The fraction of sp³-hybridized carbons (Fsp3) is 0.538. The molecule has 0 unspecified atom stereocenters. The monoisotopic (exact) mass is 251 g/mol. The van der Waals surface area contributed by atoms with Crippen LogP contribution in [0.25, 0.3) is 0 Å². The fourth-order valence-electron chi connectivity index (χ4n) is 1.61. The SMILES string of the molecule is COc1cc(CNC(=O)[C@@H](N)CC(C)C)ccn1. The molecule has 18 heavy (non-hydrogen) atoms. The summed E-state index contributed by atoms with van der Waals surface area (Å²) in [5, 5.41) is 2.81. The van der Waals surface area contributed by atoms with Crippen LogP contribution in [-0.2, 0) is 11.3 Å². The lowest BCUT2D eigenvalue weighted by atomic mass is 10.0. The van der Waals surface area contributed by atoms with E-state index in [9.17, 15) is 4.79 Å². The maximum absolute atomic E-state index is 11.7. The average Bonchev–Trinajstić information content (AvgIpc) is 2.35. The second kappa shape index (κ2) is 6.96. The van der Waals surface area contributed by atoms with E-state index in [0.717, 1.165) is 5.56 Å². The second-order valence-corrected chi connectivity index (χ2v) is 4.66. The van der Waals surface area contributed by atoms with Crippen molar-refractivity contribution in [3.05, 3.63) is 23.9 Å². The van der Waals surface area contributed by atoms with Gasteiger partial charge >= 0.3 is 0 Å². The van der Waals surface area contributed by atoms with E-state index in [1.54, 1.807) is 19.4 Å². The van der Waals surface area contributed by atoms with Crippen LogP contribution in [0.15, 0.2) is 18.3 Å². The zero-order valence-corrected chi connectivity index (χ0v) is 11.1. The van der Waals surface area contributed by atoms with Crippen molar-refractivity contribution in [3.8, 4) is 5.88 Å². The number of nitrogens with one attached hydrogen (secondary N) is 1. The maximum Gasteiger partial charge on any atom is 0.237 e. The third-order valence-electron chi connectivity index (χ3n) is 2.54. The van der Waals surface area contributed by atoms with Gasteiger partial charge in [0, 0.05) is 18.8 Å². The Labute approximate surface area is 108 Å². The zero-order valence-electron chi connectivity index (χ0n) is 11.1. The Kier molecular flexibility index (Phi) is 5.58. The summed E-state index contributed by atoms with van der Waals surface area (Å²) in [6.07, 6.45) is 2.33. The predicted octanol–water partition coefficient (Wildman–Crippen LogP) is 1.08. The number of amides is 1. The number of aromatic nitrogens is 1. The van der Waals surface area contributed by atoms with Gasteiger partial charge in [0.1, 0.15) is 0 Å². The molecule has 0 fully saturated rings. The smallest absolute Gasteiger partial charge is 0.237 e. The highest BCUT2D eigenvalue weighted by molar-refractivity contribution is 5.81. The standard InChI is InChI=1S/C13H21N3O2/c1-9(2)6-11(14)13(17)16-8-10-4-5-15-12(7-10)18-3/h4-5,7,9,11H,6,8,14H2,1-3H3,(H,16,17)/t11-/m0/s1. The highest BCUT2D eigenvalue weighted by Crippen LogP contribution is 2.08. The number of pyridine rings is 1. The second-order valence-electron chi connectivity index (χ2n) is 4.66. The molecule has 0 saturated heterocycles. The van der Waals surface area contributed by atoms with Gasteiger partial charge in [-0.1, -0.05) is 13.8 Å². The molecule has 1 aromatic rings. The van der Waals surface area contributed by atoms with Gasteiger partial charge in [0.15, 0.2) is 0 Å². The number of rotatable bonds is 6. The van der Waals surface area contributed by atoms with E-state index >= 15 is 0 Å². The van der Waals surface area contributed by atoms with E-state index in [1.165, 1.54) is 0 Å². The molecule has 1 heterocycles. The lowest BCUT2D eigenvalue weighted by Crippen LogP contribution is -2.41. The summed E-state index contributed by atoms with van der Waals surface area (Å²) in [4.78, 5) is 15.7. The van der Waals surface area contributed by atoms with Crippen molar-refractivity contribution in [1.29, 1.82) is 0 Å². The van der Waals surface area contributed by atoms with Gasteiger partial charge in [-0.2, -0.15) is 0 Å². The number of ether oxygens (including phenoxy) is 1. The first-order valence-electron chi connectivity index (χ1n) is 6.05. The molecular weight excluding hydrogens is 230 g/mol. The highest BCUT2D eigenvalue weighted by Gasteiger charge is 2.14. The molecule has 0 bridgehead atoms. The lowest BCUT2D eigenvalue weighted by molar-refractivity contribution is -0.122. The minimum Gasteiger partial charge on any atom is -0.481 e. The summed E-state index contributed by atoms with van der Waals surface area (Å²) in [5.41, 5.74) is 6.73. The molecule has 0 aliphatic rings. The van der Waals surface area contributed by atoms with Crippen molar-refractivity contribution in [2.24, 2.45) is 11.7 Å². The van der Waals surface area contributed by atoms with Gasteiger partial charge in [-0.05, 0) is 24.0 Å². The molecule has 3 N–H and O–H groups in total. The molecule has 0 saturated carbocycles. The minimum atomic E-state index is -0.450. The lowest BCUT2D eigenvalue weighted by Gasteiger charge is -2.14. The fourth-order valence-corrected chi connectivity index (χ4v) is 1.61. The van der Waals surface area contributed by atoms with Gasteiger partial charge < -0.3 is 15.8 Å². The number of carbonyl (C=O) groups excluding carboxylic acids is 1. The molecule has 0 radical (unpaired) electrons. The Bertz CT molecular complexity index is 394. The van der Waals surface area contributed by atoms with Gasteiger partial charge in [0.25, 0.3) is 0 Å². The Balaban J connectivity index is 2.46. The quantitative estimate of drug-likeness (QED) is 0.793. The van der Waals surface area contributed by atoms with E-state index in [1.807, 2.05) is 19.9 Å². The number of nitrogens with two attached hydrogens (primary N) is 1. The van der Waals surface area contributed by atoms with Crippen LogP contribution in [0.4, 0.5) is 0 Å². The van der Waals surface area contributed by atoms with E-state index in [0.29, 0.717) is 24.8 Å². The van der Waals surface area contributed by atoms with Crippen molar-refractivity contribution in [3.63, 3.8) is 0 Å². The summed E-state index contributed by atoms with van der Waals surface area (Å²) in [7, 11) is 1.56. The third kappa shape index (κ3) is 4.71. The summed E-state index contributed by atoms with van der Waals surface area (Å²) in [6.45, 7) is 4.52. The van der Waals surface area contributed by atoms with Crippen LogP contribution in [0.1, 0.15) is 25.8 Å². The van der Waals surface area contributed by atoms with Crippen LogP contribution in [0.3, 0.4) is 0 Å². The molecule has 1 rings (SSSR count). The van der Waals surface area contributed by atoms with Crippen LogP contribution in [0.2, 0.25) is 0 Å². The number of hydrogen-bond donors (Lipinski definition) is 2. The zero-order chi connectivity index (χ0) is 13.5. The van der Waals surface area contributed by atoms with Gasteiger partial charge in [0.2, 0.25) is 11.8 Å². The Hall–Kier alpha value is -1.62. The number of methoxy groups -OCH3 is 1. The highest BCUT2D eigenvalue weighted by atomic mass is 16.5. The van der Waals surface area contributed by atoms with Gasteiger partial charge in [0.05, 0.1) is 13.2 Å². The largest absolute Gasteiger partial charge is 0.481 e. The van der Waals surface area contributed by atoms with E-state index < -0.39 is 6.04 Å². The summed E-state index contributed by atoms with van der Waals surface area (Å²) >= 11 is 0. The first kappa shape index (κ1) is 14.4. The molecular formula is C13H21N3O2. The van der Waals surface area contributed by atoms with Crippen molar-refractivity contribution in [2.45, 2.75) is 32.9 Å². The van der Waals surface area contributed by atoms with Crippen molar-refractivity contribution >= 4 is 5.91 Å². The average molecular weight is 251 g/mol. The number of nitrogens with zero attached hydrogens (tertiary/aromatic N) is 1. The molecule has 5 nitrogen and oxygen atoms in total. The van der Waals surface area contributed by atoms with Gasteiger partial charge in [-0.3, -0.25) is 4.79 Å². The Morgan fingerprint density at radius 1 is 1.56 bits per heavy atom. The van der Waals surface area contributed by atoms with Crippen molar-refractivity contribution < 1.29 is 9.53 Å². The Morgan fingerprint density at radius 2 is 2.28 bits per heavy atom. The first-order chi connectivity index (χ1) is 8.52. The number of hydrogen-bond acceptors (Lipinski definition) is 4. The molecule has 5 heteroatoms. The molecule has 0 aliphatic carbocycles. The van der Waals surface area contributed by atoms with E-state index in [2.05, 4.69) is 10.3 Å². The van der Waals surface area contributed by atoms with Crippen molar-refractivity contribution in [2.75, 3.05) is 7.11 Å². The van der Waals surface area contributed by atoms with Crippen LogP contribution in [0, 0.1) is 5.92 Å². The molecule has 1 atom stereocenters. The number of carbonyl (C=O) groups is 1. The van der Waals surface area contributed by atoms with Crippen LogP contribution in [-0.4, -0.2) is 24.0 Å². The van der Waals surface area contributed by atoms with E-state index in [-0.39, 0.29) is 5.91 Å². The molecule has 0 aromatic carbocycles. The summed E-state index contributed by atoms with van der Waals surface area (Å²) in [5.74, 6) is 0.819. The minimum absolute atomic E-state index is 0.125. The first-order valence-corrected chi connectivity index (χ1v) is 6.05. The topological polar surface area (TPSA) is 77.2 Å².